The summed E-state index contributed by atoms with van der Waals surface area (Å²) in [5.74, 6) is 0.0884. The number of nitrogen functional groups attached to an aromatic ring is 1. The maximum atomic E-state index is 11.7. The molecule has 1 aliphatic rings. The molecule has 1 aromatic heterocycles. The molecule has 0 spiro atoms. The summed E-state index contributed by atoms with van der Waals surface area (Å²) in [6.07, 6.45) is -1.87. The second-order valence-electron chi connectivity index (χ2n) is 4.10. The Morgan fingerprint density at radius 3 is 3.00 bits per heavy atom. The number of anilines is 1. The van der Waals surface area contributed by atoms with Gasteiger partial charge in [-0.15, -0.1) is 9.42 Å². The van der Waals surface area contributed by atoms with E-state index in [2.05, 4.69) is 9.51 Å². The number of nitrogens with zero attached hydrogens (tertiary/aromatic N) is 2. The Morgan fingerprint density at radius 2 is 2.37 bits per heavy atom. The summed E-state index contributed by atoms with van der Waals surface area (Å²) in [5.41, 5.74) is 5.35. The van der Waals surface area contributed by atoms with Gasteiger partial charge in [0.2, 0.25) is 0 Å². The van der Waals surface area contributed by atoms with Gasteiger partial charge < -0.3 is 15.6 Å². The fourth-order valence-electron chi connectivity index (χ4n) is 1.80. The van der Waals surface area contributed by atoms with E-state index >= 15 is 0 Å². The summed E-state index contributed by atoms with van der Waals surface area (Å²) in [5, 5.41) is 9.63. The molecule has 0 saturated carbocycles. The molecule has 2 rings (SSSR count). The second-order valence-corrected chi connectivity index (χ2v) is 4.78. The number of ether oxygens (including phenoxy) is 1. The Balaban J connectivity index is 2.37. The minimum atomic E-state index is -2.93. The maximum absolute atomic E-state index is 11.7. The van der Waals surface area contributed by atoms with Crippen LogP contribution in [0.2, 0.25) is 0 Å². The van der Waals surface area contributed by atoms with Crippen molar-refractivity contribution in [1.82, 2.24) is 9.55 Å². The topological polar surface area (TPSA) is 137 Å². The van der Waals surface area contributed by atoms with Gasteiger partial charge in [-0.25, -0.2) is 4.79 Å². The van der Waals surface area contributed by atoms with E-state index in [1.54, 1.807) is 6.92 Å². The highest BCUT2D eigenvalue weighted by Gasteiger charge is 2.44. The van der Waals surface area contributed by atoms with Gasteiger partial charge in [0.1, 0.15) is 11.9 Å². The van der Waals surface area contributed by atoms with Crippen molar-refractivity contribution in [2.45, 2.75) is 25.4 Å². The first-order valence-electron chi connectivity index (χ1n) is 5.38. The fraction of sp³-hybridized carbons (Fsp3) is 0.556. The van der Waals surface area contributed by atoms with Gasteiger partial charge in [-0.2, -0.15) is 4.98 Å². The first kappa shape index (κ1) is 14.0. The molecular weight excluding hydrogens is 277 g/mol. The lowest BCUT2D eigenvalue weighted by molar-refractivity contribution is -0.00903. The van der Waals surface area contributed by atoms with Crippen LogP contribution in [0.1, 0.15) is 11.8 Å². The van der Waals surface area contributed by atoms with Crippen LogP contribution in [0, 0.1) is 6.92 Å². The average molecular weight is 290 g/mol. The van der Waals surface area contributed by atoms with Crippen LogP contribution in [0.5, 0.6) is 0 Å². The van der Waals surface area contributed by atoms with Gasteiger partial charge in [-0.05, 0) is 6.92 Å². The van der Waals surface area contributed by atoms with Crippen molar-refractivity contribution >= 4 is 14.1 Å². The van der Waals surface area contributed by atoms with E-state index in [0.717, 1.165) is 4.57 Å². The zero-order chi connectivity index (χ0) is 14.2. The molecule has 19 heavy (non-hydrogen) atoms. The second kappa shape index (κ2) is 5.32. The normalized spacial score (nSPS) is 27.5. The molecule has 2 heterocycles. The number of aromatic nitrogens is 2. The molecule has 0 bridgehead atoms. The van der Waals surface area contributed by atoms with Crippen LogP contribution in [-0.2, 0) is 13.8 Å². The van der Waals surface area contributed by atoms with Crippen LogP contribution in [0.4, 0.5) is 5.82 Å². The van der Waals surface area contributed by atoms with Crippen LogP contribution >= 0.6 is 8.25 Å². The largest absolute Gasteiger partial charge is 0.695 e. The van der Waals surface area contributed by atoms with E-state index in [0.29, 0.717) is 5.56 Å². The molecule has 4 N–H and O–H groups in total. The highest BCUT2D eigenvalue weighted by Crippen LogP contribution is 2.32. The molecular formula is C9H13N3O6P+. The Bertz CT molecular complexity index is 561. The van der Waals surface area contributed by atoms with Crippen LogP contribution in [0.3, 0.4) is 0 Å². The van der Waals surface area contributed by atoms with Crippen molar-refractivity contribution in [3.8, 4) is 0 Å². The molecule has 1 saturated heterocycles. The van der Waals surface area contributed by atoms with Crippen molar-refractivity contribution < 1.29 is 23.8 Å². The Morgan fingerprint density at radius 1 is 1.68 bits per heavy atom. The number of aliphatic hydroxyl groups is 1. The molecule has 0 aromatic carbocycles. The molecule has 0 radical (unpaired) electrons. The van der Waals surface area contributed by atoms with Gasteiger partial charge >= 0.3 is 13.9 Å². The molecule has 10 heteroatoms. The predicted octanol–water partition coefficient (Wildman–Crippen LogP) is -0.941. The fourth-order valence-corrected chi connectivity index (χ4v) is 2.26. The van der Waals surface area contributed by atoms with E-state index in [9.17, 15) is 14.5 Å². The molecule has 1 aliphatic heterocycles. The van der Waals surface area contributed by atoms with E-state index < -0.39 is 32.4 Å². The highest BCUT2D eigenvalue weighted by atomic mass is 31.1. The van der Waals surface area contributed by atoms with Gasteiger partial charge in [-0.1, -0.05) is 0 Å². The predicted molar refractivity (Wildman–Crippen MR) is 63.3 cm³/mol. The quantitative estimate of drug-likeness (QED) is 0.606. The molecule has 9 nitrogen and oxygen atoms in total. The van der Waals surface area contributed by atoms with E-state index in [1.807, 2.05) is 0 Å². The smallest absolute Gasteiger partial charge is 0.388 e. The molecule has 1 fully saturated rings. The molecule has 0 aliphatic carbocycles. The summed E-state index contributed by atoms with van der Waals surface area (Å²) >= 11 is 0. The summed E-state index contributed by atoms with van der Waals surface area (Å²) in [4.78, 5) is 24.1. The van der Waals surface area contributed by atoms with Crippen molar-refractivity contribution in [3.05, 3.63) is 22.2 Å². The average Bonchev–Trinajstić information content (AvgIpc) is 2.65. The molecule has 3 unspecified atom stereocenters. The number of aryl methyl sites for hydroxylation is 1. The van der Waals surface area contributed by atoms with Gasteiger partial charge in [0.05, 0.1) is 6.61 Å². The van der Waals surface area contributed by atoms with Gasteiger partial charge in [0.15, 0.2) is 12.3 Å². The zero-order valence-electron chi connectivity index (χ0n) is 9.96. The SMILES string of the molecule is Cc1cn([C@@H]2OCC(O)C2O[P+](=O)O)c(=O)nc1N. The maximum Gasteiger partial charge on any atom is 0.695 e. The van der Waals surface area contributed by atoms with E-state index in [1.165, 1.54) is 6.20 Å². The number of hydrogen-bond donors (Lipinski definition) is 3. The summed E-state index contributed by atoms with van der Waals surface area (Å²) in [6, 6.07) is 0. The first-order chi connectivity index (χ1) is 8.90. The lowest BCUT2D eigenvalue weighted by Crippen LogP contribution is -2.36. The standard InChI is InChI=1S/C9H12N3O6P/c1-4-2-12(9(14)11-7(4)10)8-6(18-19(15)16)5(13)3-17-8/h2,5-6,8,13H,3H2,1H3,(H2-,10,11,14,15,16)/p+1/t5?,6?,8-/m1/s1. The van der Waals surface area contributed by atoms with E-state index in [-0.39, 0.29) is 12.4 Å². The number of hydrogen-bond acceptors (Lipinski definition) is 7. The monoisotopic (exact) mass is 290 g/mol. The third-order valence-electron chi connectivity index (χ3n) is 2.76. The van der Waals surface area contributed by atoms with E-state index in [4.69, 9.17) is 15.4 Å². The lowest BCUT2D eigenvalue weighted by atomic mass is 10.2. The molecule has 104 valence electrons. The summed E-state index contributed by atoms with van der Waals surface area (Å²) < 4.78 is 21.7. The van der Waals surface area contributed by atoms with Gasteiger partial charge in [0.25, 0.3) is 0 Å². The number of nitrogens with two attached hydrogens (primary N) is 1. The third-order valence-corrected chi connectivity index (χ3v) is 3.18. The third kappa shape index (κ3) is 2.80. The Hall–Kier alpha value is -1.38. The van der Waals surface area contributed by atoms with Crippen molar-refractivity contribution in [1.29, 1.82) is 0 Å². The minimum Gasteiger partial charge on any atom is -0.388 e. The van der Waals surface area contributed by atoms with Gasteiger partial charge in [0, 0.05) is 16.3 Å². The van der Waals surface area contributed by atoms with Crippen LogP contribution in [0.15, 0.2) is 11.0 Å². The molecule has 1 aromatic rings. The van der Waals surface area contributed by atoms with Crippen molar-refractivity contribution in [2.75, 3.05) is 12.3 Å². The first-order valence-corrected chi connectivity index (χ1v) is 6.51. The molecule has 0 amide bonds. The zero-order valence-corrected chi connectivity index (χ0v) is 10.9. The number of aliphatic hydroxyl groups excluding tert-OH is 1. The van der Waals surface area contributed by atoms with Crippen molar-refractivity contribution in [3.63, 3.8) is 0 Å². The summed E-state index contributed by atoms with van der Waals surface area (Å²) in [6.45, 7) is 1.53. The highest BCUT2D eigenvalue weighted by molar-refractivity contribution is 7.32. The molecule has 4 atom stereocenters. The van der Waals surface area contributed by atoms with Crippen LogP contribution < -0.4 is 11.4 Å². The van der Waals surface area contributed by atoms with Crippen molar-refractivity contribution in [2.24, 2.45) is 0 Å². The Kier molecular flexibility index (Phi) is 3.93. The van der Waals surface area contributed by atoms with Crippen LogP contribution in [-0.4, -0.2) is 38.4 Å². The van der Waals surface area contributed by atoms with Gasteiger partial charge in [-0.3, -0.25) is 4.57 Å². The minimum absolute atomic E-state index is 0.0884. The summed E-state index contributed by atoms with van der Waals surface area (Å²) in [7, 11) is -2.93. The van der Waals surface area contributed by atoms with Crippen LogP contribution in [0.25, 0.3) is 0 Å². The lowest BCUT2D eigenvalue weighted by Gasteiger charge is -2.17. The number of rotatable bonds is 3. The Labute approximate surface area is 108 Å².